The third-order valence-electron chi connectivity index (χ3n) is 0.697. The van der Waals surface area contributed by atoms with E-state index in [0.29, 0.717) is 0 Å². The maximum absolute atomic E-state index is 3.89. The first kappa shape index (κ1) is 6.74. The van der Waals surface area contributed by atoms with Crippen molar-refractivity contribution in [2.75, 3.05) is 0 Å². The molecule has 0 aliphatic carbocycles. The van der Waals surface area contributed by atoms with Gasteiger partial charge in [-0.2, -0.15) is 0 Å². The zero-order valence-corrected chi connectivity index (χ0v) is 5.20. The monoisotopic (exact) mass is 97.1 g/mol. The summed E-state index contributed by atoms with van der Waals surface area (Å²) >= 11 is 0. The van der Waals surface area contributed by atoms with Gasteiger partial charge in [0.2, 0.25) is 0 Å². The van der Waals surface area contributed by atoms with Crippen LogP contribution in [-0.4, -0.2) is 0 Å². The molecule has 0 aromatic rings. The van der Waals surface area contributed by atoms with Crippen LogP contribution >= 0.6 is 0 Å². The Labute approximate surface area is 46.2 Å². The molecule has 0 spiro atoms. The van der Waals surface area contributed by atoms with Crippen LogP contribution in [0.4, 0.5) is 0 Å². The highest BCUT2D eigenvalue weighted by molar-refractivity contribution is 4.80. The SMILES string of the molecule is [CH2]C(C)(C)CC=C. The van der Waals surface area contributed by atoms with Crippen molar-refractivity contribution >= 4 is 0 Å². The van der Waals surface area contributed by atoms with E-state index in [2.05, 4.69) is 27.4 Å². The van der Waals surface area contributed by atoms with Gasteiger partial charge in [0.15, 0.2) is 0 Å². The molecule has 0 aromatic heterocycles. The largest absolute Gasteiger partial charge is 0.103 e. The zero-order chi connectivity index (χ0) is 5.91. The van der Waals surface area contributed by atoms with E-state index in [9.17, 15) is 0 Å². The molecule has 0 heteroatoms. The molecule has 0 saturated carbocycles. The van der Waals surface area contributed by atoms with Crippen molar-refractivity contribution in [3.8, 4) is 0 Å². The van der Waals surface area contributed by atoms with E-state index in [1.54, 1.807) is 0 Å². The van der Waals surface area contributed by atoms with Gasteiger partial charge in [-0.3, -0.25) is 0 Å². The van der Waals surface area contributed by atoms with E-state index < -0.39 is 0 Å². The second-order valence-corrected chi connectivity index (χ2v) is 2.66. The molecule has 0 rings (SSSR count). The molecule has 0 saturated heterocycles. The standard InChI is InChI=1S/C7H13/c1-5-6-7(2,3)4/h5H,1-2,6H2,3-4H3. The molecule has 0 amide bonds. The van der Waals surface area contributed by atoms with Crippen LogP contribution in [0.2, 0.25) is 0 Å². The van der Waals surface area contributed by atoms with Crippen molar-refractivity contribution in [2.24, 2.45) is 5.41 Å². The van der Waals surface area contributed by atoms with Crippen LogP contribution in [0.5, 0.6) is 0 Å². The summed E-state index contributed by atoms with van der Waals surface area (Å²) in [6.07, 6.45) is 2.89. The third kappa shape index (κ3) is 5.74. The van der Waals surface area contributed by atoms with Crippen LogP contribution in [0, 0.1) is 12.3 Å². The van der Waals surface area contributed by atoms with E-state index in [4.69, 9.17) is 0 Å². The lowest BCUT2D eigenvalue weighted by molar-refractivity contribution is 0.484. The minimum absolute atomic E-state index is 0.182. The predicted molar refractivity (Wildman–Crippen MR) is 34.0 cm³/mol. The first-order chi connectivity index (χ1) is 3.06. The van der Waals surface area contributed by atoms with Crippen molar-refractivity contribution in [3.05, 3.63) is 19.6 Å². The lowest BCUT2D eigenvalue weighted by Crippen LogP contribution is -2.01. The fraction of sp³-hybridized carbons (Fsp3) is 0.571. The normalized spacial score (nSPS) is 11.3. The van der Waals surface area contributed by atoms with Gasteiger partial charge in [0.05, 0.1) is 0 Å². The molecule has 0 atom stereocenters. The van der Waals surface area contributed by atoms with Crippen molar-refractivity contribution in [3.63, 3.8) is 0 Å². The number of hydrogen-bond acceptors (Lipinski definition) is 0. The third-order valence-corrected chi connectivity index (χ3v) is 0.697. The Balaban J connectivity index is 3.34. The Kier molecular flexibility index (Phi) is 2.07. The van der Waals surface area contributed by atoms with E-state index in [-0.39, 0.29) is 5.41 Å². The first-order valence-corrected chi connectivity index (χ1v) is 2.52. The Morgan fingerprint density at radius 2 is 2.00 bits per heavy atom. The van der Waals surface area contributed by atoms with Crippen LogP contribution in [0.1, 0.15) is 20.3 Å². The van der Waals surface area contributed by atoms with Crippen molar-refractivity contribution in [1.82, 2.24) is 0 Å². The topological polar surface area (TPSA) is 0 Å². The zero-order valence-electron chi connectivity index (χ0n) is 5.20. The minimum Gasteiger partial charge on any atom is -0.103 e. The summed E-state index contributed by atoms with van der Waals surface area (Å²) < 4.78 is 0. The van der Waals surface area contributed by atoms with Gasteiger partial charge in [0.1, 0.15) is 0 Å². The molecule has 0 aliphatic heterocycles. The Morgan fingerprint density at radius 3 is 2.00 bits per heavy atom. The number of rotatable bonds is 2. The van der Waals surface area contributed by atoms with Crippen LogP contribution in [-0.2, 0) is 0 Å². The van der Waals surface area contributed by atoms with Crippen molar-refractivity contribution in [1.29, 1.82) is 0 Å². The molecule has 0 bridgehead atoms. The summed E-state index contributed by atoms with van der Waals surface area (Å²) in [6, 6.07) is 0. The summed E-state index contributed by atoms with van der Waals surface area (Å²) in [7, 11) is 0. The fourth-order valence-corrected chi connectivity index (χ4v) is 0.391. The Hall–Kier alpha value is -0.260. The highest BCUT2D eigenvalue weighted by Crippen LogP contribution is 2.16. The number of allylic oxidation sites excluding steroid dienone is 1. The van der Waals surface area contributed by atoms with Crippen LogP contribution < -0.4 is 0 Å². The second-order valence-electron chi connectivity index (χ2n) is 2.66. The van der Waals surface area contributed by atoms with Gasteiger partial charge in [-0.05, 0) is 18.8 Å². The van der Waals surface area contributed by atoms with E-state index >= 15 is 0 Å². The summed E-state index contributed by atoms with van der Waals surface area (Å²) in [4.78, 5) is 0. The van der Waals surface area contributed by atoms with E-state index in [1.807, 2.05) is 6.08 Å². The summed E-state index contributed by atoms with van der Waals surface area (Å²) in [6.45, 7) is 11.7. The fourth-order valence-electron chi connectivity index (χ4n) is 0.391. The van der Waals surface area contributed by atoms with E-state index in [0.717, 1.165) is 6.42 Å². The summed E-state index contributed by atoms with van der Waals surface area (Å²) in [5.41, 5.74) is 0.182. The molecule has 7 heavy (non-hydrogen) atoms. The quantitative estimate of drug-likeness (QED) is 0.464. The van der Waals surface area contributed by atoms with Crippen LogP contribution in [0.15, 0.2) is 12.7 Å². The summed E-state index contributed by atoms with van der Waals surface area (Å²) in [5.74, 6) is 0. The maximum Gasteiger partial charge on any atom is -0.0302 e. The van der Waals surface area contributed by atoms with Gasteiger partial charge in [-0.1, -0.05) is 19.9 Å². The number of hydrogen-bond donors (Lipinski definition) is 0. The molecule has 0 heterocycles. The van der Waals surface area contributed by atoms with Crippen LogP contribution in [0.25, 0.3) is 0 Å². The maximum atomic E-state index is 3.89. The average Bonchev–Trinajstić information content (AvgIpc) is 1.30. The predicted octanol–water partition coefficient (Wildman–Crippen LogP) is 2.42. The van der Waals surface area contributed by atoms with Gasteiger partial charge in [-0.25, -0.2) is 0 Å². The highest BCUT2D eigenvalue weighted by atomic mass is 14.1. The van der Waals surface area contributed by atoms with Gasteiger partial charge in [0.25, 0.3) is 0 Å². The van der Waals surface area contributed by atoms with Crippen molar-refractivity contribution in [2.45, 2.75) is 20.3 Å². The molecule has 0 fully saturated rings. The smallest absolute Gasteiger partial charge is 0.0302 e. The molecule has 0 unspecified atom stereocenters. The van der Waals surface area contributed by atoms with Gasteiger partial charge < -0.3 is 0 Å². The van der Waals surface area contributed by atoms with E-state index in [1.165, 1.54) is 0 Å². The average molecular weight is 97.2 g/mol. The Morgan fingerprint density at radius 1 is 1.57 bits per heavy atom. The molecule has 41 valence electrons. The lowest BCUT2D eigenvalue weighted by atomic mass is 9.93. The highest BCUT2D eigenvalue weighted by Gasteiger charge is 2.05. The minimum atomic E-state index is 0.182. The Bertz CT molecular complexity index is 54.9. The molecule has 0 nitrogen and oxygen atoms in total. The first-order valence-electron chi connectivity index (χ1n) is 2.52. The van der Waals surface area contributed by atoms with Gasteiger partial charge in [0, 0.05) is 0 Å². The molecular formula is C7H13. The van der Waals surface area contributed by atoms with Gasteiger partial charge in [-0.15, -0.1) is 6.58 Å². The second kappa shape index (κ2) is 2.15. The van der Waals surface area contributed by atoms with Crippen molar-refractivity contribution < 1.29 is 0 Å². The molecule has 1 radical (unpaired) electrons. The molecule has 0 N–H and O–H groups in total. The lowest BCUT2D eigenvalue weighted by Gasteiger charge is -2.13. The molecular weight excluding hydrogens is 84.1 g/mol. The molecule has 0 aromatic carbocycles. The van der Waals surface area contributed by atoms with Gasteiger partial charge >= 0.3 is 0 Å². The summed E-state index contributed by atoms with van der Waals surface area (Å²) in [5, 5.41) is 0. The van der Waals surface area contributed by atoms with Crippen LogP contribution in [0.3, 0.4) is 0 Å². The molecule has 0 aliphatic rings.